The topological polar surface area (TPSA) is 89.3 Å². The van der Waals surface area contributed by atoms with Crippen LogP contribution in [-0.4, -0.2) is 16.6 Å². The van der Waals surface area contributed by atoms with E-state index in [4.69, 9.17) is 0 Å². The Hall–Kier alpha value is -2.24. The van der Waals surface area contributed by atoms with E-state index in [-0.39, 0.29) is 29.7 Å². The van der Waals surface area contributed by atoms with Gasteiger partial charge in [-0.15, -0.1) is 0 Å². The normalized spacial score (nSPS) is 12.8. The van der Waals surface area contributed by atoms with E-state index in [0.29, 0.717) is 5.56 Å². The number of Topliss-reactive ketones (excluding diaryl/α,β-unsaturated/α-hetero) is 1. The Morgan fingerprint density at radius 2 is 1.78 bits per heavy atom. The van der Waals surface area contributed by atoms with Crippen LogP contribution in [0.4, 0.5) is 5.69 Å². The van der Waals surface area contributed by atoms with Gasteiger partial charge in [-0.05, 0) is 0 Å². The fourth-order valence-electron chi connectivity index (χ4n) is 2.02. The number of carbonyl (C=O) groups is 2. The summed E-state index contributed by atoms with van der Waals surface area (Å²) in [7, 11) is 0. The second-order valence-electron chi connectivity index (χ2n) is 6.91. The van der Waals surface area contributed by atoms with E-state index in [1.807, 2.05) is 0 Å². The molecule has 6 nitrogen and oxygen atoms in total. The molecule has 1 N–H and O–H groups in total. The summed E-state index contributed by atoms with van der Waals surface area (Å²) in [5.74, 6) is -0.579. The molecule has 0 fully saturated rings. The average molecular weight is 320 g/mol. The van der Waals surface area contributed by atoms with Gasteiger partial charge in [0.15, 0.2) is 0 Å². The molecule has 1 unspecified atom stereocenters. The van der Waals surface area contributed by atoms with Crippen molar-refractivity contribution >= 4 is 17.4 Å². The lowest BCUT2D eigenvalue weighted by molar-refractivity contribution is -0.385. The first-order chi connectivity index (χ1) is 10.5. The molecule has 0 bridgehead atoms. The van der Waals surface area contributed by atoms with Gasteiger partial charge in [-0.25, -0.2) is 0 Å². The summed E-state index contributed by atoms with van der Waals surface area (Å²) in [4.78, 5) is 35.1. The van der Waals surface area contributed by atoms with Gasteiger partial charge in [-0.2, -0.15) is 0 Å². The van der Waals surface area contributed by atoms with Crippen LogP contribution in [-0.2, 0) is 9.59 Å². The highest BCUT2D eigenvalue weighted by Gasteiger charge is 2.30. The lowest BCUT2D eigenvalue weighted by atomic mass is 9.85. The minimum absolute atomic E-state index is 0.0206. The van der Waals surface area contributed by atoms with Crippen molar-refractivity contribution in [2.24, 2.45) is 11.3 Å². The van der Waals surface area contributed by atoms with Crippen LogP contribution in [0.25, 0.3) is 0 Å². The van der Waals surface area contributed by atoms with Gasteiger partial charge in [0.25, 0.3) is 5.69 Å². The number of benzene rings is 1. The third kappa shape index (κ3) is 5.16. The Morgan fingerprint density at radius 1 is 1.22 bits per heavy atom. The number of hydrogen-bond acceptors (Lipinski definition) is 4. The summed E-state index contributed by atoms with van der Waals surface area (Å²) >= 11 is 0. The van der Waals surface area contributed by atoms with Crippen LogP contribution in [0.3, 0.4) is 0 Å². The maximum Gasteiger partial charge on any atom is 0.274 e. The molecule has 1 rings (SSSR count). The third-order valence-electron chi connectivity index (χ3n) is 3.58. The first kappa shape index (κ1) is 18.8. The summed E-state index contributed by atoms with van der Waals surface area (Å²) in [6, 6.07) is 5.48. The Morgan fingerprint density at radius 3 is 2.26 bits per heavy atom. The summed E-state index contributed by atoms with van der Waals surface area (Å²) in [5.41, 5.74) is -0.322. The molecule has 1 aromatic carbocycles. The van der Waals surface area contributed by atoms with Crippen molar-refractivity contribution in [3.8, 4) is 0 Å². The number of nitro groups is 1. The van der Waals surface area contributed by atoms with Crippen LogP contribution in [0.2, 0.25) is 0 Å². The molecule has 0 aliphatic heterocycles. The first-order valence-corrected chi connectivity index (χ1v) is 7.61. The minimum Gasteiger partial charge on any atom is -0.348 e. The number of para-hydroxylation sites is 1. The largest absolute Gasteiger partial charge is 0.348 e. The smallest absolute Gasteiger partial charge is 0.274 e. The molecular weight excluding hydrogens is 296 g/mol. The zero-order valence-corrected chi connectivity index (χ0v) is 14.3. The van der Waals surface area contributed by atoms with Crippen molar-refractivity contribution in [1.29, 1.82) is 0 Å². The second-order valence-corrected chi connectivity index (χ2v) is 6.91. The number of carbonyl (C=O) groups excluding carboxylic acids is 2. The van der Waals surface area contributed by atoms with Crippen molar-refractivity contribution in [3.63, 3.8) is 0 Å². The molecular formula is C17H24N2O4. The lowest BCUT2D eigenvalue weighted by Crippen LogP contribution is -2.35. The zero-order valence-electron chi connectivity index (χ0n) is 14.3. The number of nitrogens with zero attached hydrogens (tertiary/aromatic N) is 1. The van der Waals surface area contributed by atoms with E-state index in [1.54, 1.807) is 52.8 Å². The van der Waals surface area contributed by atoms with E-state index in [1.165, 1.54) is 6.07 Å². The maximum absolute atomic E-state index is 12.4. The van der Waals surface area contributed by atoms with Gasteiger partial charge in [0.2, 0.25) is 5.91 Å². The van der Waals surface area contributed by atoms with Crippen molar-refractivity contribution in [1.82, 2.24) is 5.32 Å². The highest BCUT2D eigenvalue weighted by atomic mass is 16.6. The molecule has 0 saturated heterocycles. The van der Waals surface area contributed by atoms with Crippen molar-refractivity contribution < 1.29 is 14.5 Å². The summed E-state index contributed by atoms with van der Waals surface area (Å²) in [6.45, 7) is 8.83. The number of rotatable bonds is 6. The Bertz CT molecular complexity index is 603. The SMILES string of the molecule is CC(C)C(=O)NC(CC(=O)C(C)(C)C)c1ccccc1[N+](=O)[O-]. The summed E-state index contributed by atoms with van der Waals surface area (Å²) in [6.07, 6.45) is 0.0206. The maximum atomic E-state index is 12.4. The molecule has 126 valence electrons. The summed E-state index contributed by atoms with van der Waals surface area (Å²) in [5, 5.41) is 14.0. The Balaban J connectivity index is 3.21. The molecule has 6 heteroatoms. The van der Waals surface area contributed by atoms with E-state index in [0.717, 1.165) is 0 Å². The van der Waals surface area contributed by atoms with Gasteiger partial charge < -0.3 is 5.32 Å². The van der Waals surface area contributed by atoms with Gasteiger partial charge in [0, 0.05) is 23.8 Å². The molecule has 0 aromatic heterocycles. The van der Waals surface area contributed by atoms with Crippen molar-refractivity contribution in [2.45, 2.75) is 47.1 Å². The zero-order chi connectivity index (χ0) is 17.8. The molecule has 0 radical (unpaired) electrons. The minimum atomic E-state index is -0.710. The average Bonchev–Trinajstić information content (AvgIpc) is 2.45. The van der Waals surface area contributed by atoms with E-state index >= 15 is 0 Å². The standard InChI is InChI=1S/C17H24N2O4/c1-11(2)16(21)18-13(10-15(20)17(3,4)5)12-8-6-7-9-14(12)19(22)23/h6-9,11,13H,10H2,1-5H3,(H,18,21). The fourth-order valence-corrected chi connectivity index (χ4v) is 2.02. The summed E-state index contributed by atoms with van der Waals surface area (Å²) < 4.78 is 0. The highest BCUT2D eigenvalue weighted by molar-refractivity contribution is 5.86. The number of nitrogens with one attached hydrogen (secondary N) is 1. The molecule has 23 heavy (non-hydrogen) atoms. The Kier molecular flexibility index (Phi) is 6.01. The van der Waals surface area contributed by atoms with Crippen LogP contribution in [0, 0.1) is 21.4 Å². The molecule has 0 spiro atoms. The molecule has 0 aliphatic rings. The van der Waals surface area contributed by atoms with Crippen LogP contribution in [0.1, 0.15) is 52.6 Å². The molecule has 0 saturated carbocycles. The second kappa shape index (κ2) is 7.35. The predicted molar refractivity (Wildman–Crippen MR) is 87.9 cm³/mol. The van der Waals surface area contributed by atoms with Crippen LogP contribution in [0.15, 0.2) is 24.3 Å². The van der Waals surface area contributed by atoms with Crippen molar-refractivity contribution in [2.75, 3.05) is 0 Å². The first-order valence-electron chi connectivity index (χ1n) is 7.61. The van der Waals surface area contributed by atoms with Gasteiger partial charge >= 0.3 is 0 Å². The molecule has 1 aromatic rings. The van der Waals surface area contributed by atoms with Gasteiger partial charge in [0.05, 0.1) is 16.5 Å². The number of nitro benzene ring substituents is 1. The van der Waals surface area contributed by atoms with Gasteiger partial charge in [-0.1, -0.05) is 52.8 Å². The quantitative estimate of drug-likeness (QED) is 0.642. The molecule has 1 amide bonds. The van der Waals surface area contributed by atoms with Crippen LogP contribution < -0.4 is 5.32 Å². The number of amides is 1. The van der Waals surface area contributed by atoms with E-state index in [9.17, 15) is 19.7 Å². The number of ketones is 1. The molecule has 1 atom stereocenters. The van der Waals surface area contributed by atoms with Gasteiger partial charge in [0.1, 0.15) is 5.78 Å². The van der Waals surface area contributed by atoms with Gasteiger partial charge in [-0.3, -0.25) is 19.7 Å². The highest BCUT2D eigenvalue weighted by Crippen LogP contribution is 2.30. The van der Waals surface area contributed by atoms with Crippen molar-refractivity contribution in [3.05, 3.63) is 39.9 Å². The van der Waals surface area contributed by atoms with Crippen LogP contribution >= 0.6 is 0 Å². The number of hydrogen-bond donors (Lipinski definition) is 1. The van der Waals surface area contributed by atoms with Crippen LogP contribution in [0.5, 0.6) is 0 Å². The Labute approximate surface area is 136 Å². The monoisotopic (exact) mass is 320 g/mol. The van der Waals surface area contributed by atoms with E-state index < -0.39 is 16.4 Å². The molecule has 0 heterocycles. The fraction of sp³-hybridized carbons (Fsp3) is 0.529. The third-order valence-corrected chi connectivity index (χ3v) is 3.58. The molecule has 0 aliphatic carbocycles. The predicted octanol–water partition coefficient (Wildman–Crippen LogP) is 3.41. The van der Waals surface area contributed by atoms with E-state index in [2.05, 4.69) is 5.32 Å². The lowest BCUT2D eigenvalue weighted by Gasteiger charge is -2.24.